The van der Waals surface area contributed by atoms with Crippen molar-refractivity contribution in [1.82, 2.24) is 21.3 Å². The number of carbonyl (C=O) groups is 3. The predicted octanol–water partition coefficient (Wildman–Crippen LogP) is 3.10. The van der Waals surface area contributed by atoms with Crippen LogP contribution in [0, 0.1) is 0 Å². The van der Waals surface area contributed by atoms with Crippen LogP contribution in [-0.4, -0.2) is 89.2 Å². The van der Waals surface area contributed by atoms with Gasteiger partial charge in [-0.2, -0.15) is 0 Å². The smallest absolute Gasteiger partial charge is 0.315 e. The molecule has 1 aliphatic rings. The van der Waals surface area contributed by atoms with E-state index in [4.69, 9.17) is 10.2 Å². The number of benzene rings is 3. The summed E-state index contributed by atoms with van der Waals surface area (Å²) in [6.07, 6.45) is 1.16. The highest BCUT2D eigenvalue weighted by Crippen LogP contribution is 2.38. The third-order valence-electron chi connectivity index (χ3n) is 7.85. The van der Waals surface area contributed by atoms with E-state index in [1.165, 1.54) is 0 Å². The number of nitrogens with one attached hydrogen (secondary N) is 4. The lowest BCUT2D eigenvalue weighted by Crippen LogP contribution is -2.52. The maximum Gasteiger partial charge on any atom is 0.315 e. The van der Waals surface area contributed by atoms with Crippen molar-refractivity contribution in [3.63, 3.8) is 0 Å². The zero-order valence-corrected chi connectivity index (χ0v) is 29.1. The fourth-order valence-electron chi connectivity index (χ4n) is 5.28. The molecule has 2 atom stereocenters. The van der Waals surface area contributed by atoms with Crippen molar-refractivity contribution in [3.8, 4) is 11.1 Å². The third-order valence-corrected chi connectivity index (χ3v) is 9.72. The highest BCUT2D eigenvalue weighted by Gasteiger charge is 2.33. The number of hydrogen-bond donors (Lipinski definition) is 7. The molecule has 0 unspecified atom stereocenters. The summed E-state index contributed by atoms with van der Waals surface area (Å²) in [5.74, 6) is -0.109. The highest BCUT2D eigenvalue weighted by molar-refractivity contribution is 8.00. The Balaban J connectivity index is 1.52. The minimum atomic E-state index is -0.928. The largest absolute Gasteiger partial charge is 0.395 e. The van der Waals surface area contributed by atoms with Gasteiger partial charge in [-0.3, -0.25) is 9.59 Å². The van der Waals surface area contributed by atoms with E-state index in [0.717, 1.165) is 37.7 Å². The van der Waals surface area contributed by atoms with Crippen molar-refractivity contribution < 1.29 is 29.7 Å². The monoisotopic (exact) mass is 695 g/mol. The summed E-state index contributed by atoms with van der Waals surface area (Å²) >= 11 is 3.17. The minimum absolute atomic E-state index is 0.0783. The van der Waals surface area contributed by atoms with Crippen molar-refractivity contribution in [1.29, 1.82) is 0 Å². The second-order valence-corrected chi connectivity index (χ2v) is 14.1. The molecular formula is C35H45N5O6S2. The van der Waals surface area contributed by atoms with Crippen molar-refractivity contribution >= 4 is 47.1 Å². The van der Waals surface area contributed by atoms with Gasteiger partial charge in [0.15, 0.2) is 0 Å². The molecule has 0 bridgehead atoms. The van der Waals surface area contributed by atoms with E-state index in [-0.39, 0.29) is 50.6 Å². The second kappa shape index (κ2) is 17.7. The van der Waals surface area contributed by atoms with Crippen LogP contribution in [0.1, 0.15) is 31.4 Å². The van der Waals surface area contributed by atoms with E-state index in [1.54, 1.807) is 28.4 Å². The number of aliphatic hydroxyl groups is 3. The van der Waals surface area contributed by atoms with Crippen LogP contribution >= 0.6 is 23.5 Å². The summed E-state index contributed by atoms with van der Waals surface area (Å²) in [6.45, 7) is 4.09. The third kappa shape index (κ3) is 10.5. The molecule has 1 aliphatic heterocycles. The molecule has 0 aromatic heterocycles. The molecular weight excluding hydrogens is 651 g/mol. The van der Waals surface area contributed by atoms with Gasteiger partial charge in [0.05, 0.1) is 31.5 Å². The first-order valence-electron chi connectivity index (χ1n) is 15.8. The number of urea groups is 1. The molecule has 3 aromatic rings. The number of anilines is 1. The standard InChI is InChI=1S/C35H45N5O6S2/c1-35(2,38-19-26(43)21-42)17-32(44)39-29-22-48-31-16-27(47-3)12-13-30(31)40(33(29)45)20-23-8-10-24(11-9-23)28-7-5-4-6-25(28)18-37-34(46)36-14-15-41/h4-13,16,26,29,38,41-43H,14-15,17-22H2,1-3H3,(H,39,44)(H2,36,37,46)/t26-,29+/m0/s1. The molecule has 0 saturated heterocycles. The van der Waals surface area contributed by atoms with E-state index in [2.05, 4.69) is 27.3 Å². The van der Waals surface area contributed by atoms with E-state index in [1.807, 2.05) is 80.8 Å². The van der Waals surface area contributed by atoms with Gasteiger partial charge in [0.25, 0.3) is 5.91 Å². The summed E-state index contributed by atoms with van der Waals surface area (Å²) in [5, 5.41) is 39.2. The van der Waals surface area contributed by atoms with Crippen LogP contribution in [0.5, 0.6) is 0 Å². The van der Waals surface area contributed by atoms with Crippen LogP contribution in [0.4, 0.5) is 10.5 Å². The summed E-state index contributed by atoms with van der Waals surface area (Å²) < 4.78 is 0. The molecule has 3 aromatic carbocycles. The maximum absolute atomic E-state index is 14.1. The fourth-order valence-corrected chi connectivity index (χ4v) is 6.90. The topological polar surface area (TPSA) is 163 Å². The van der Waals surface area contributed by atoms with Crippen molar-refractivity contribution in [2.75, 3.05) is 43.2 Å². The van der Waals surface area contributed by atoms with Gasteiger partial charge >= 0.3 is 6.03 Å². The highest BCUT2D eigenvalue weighted by atomic mass is 32.2. The Kier molecular flexibility index (Phi) is 13.7. The first kappa shape index (κ1) is 37.2. The summed E-state index contributed by atoms with van der Waals surface area (Å²) in [5.41, 5.74) is 3.90. The average Bonchev–Trinajstić information content (AvgIpc) is 3.21. The number of rotatable bonds is 15. The molecule has 48 heavy (non-hydrogen) atoms. The van der Waals surface area contributed by atoms with Gasteiger partial charge in [-0.25, -0.2) is 4.79 Å². The van der Waals surface area contributed by atoms with Gasteiger partial charge in [0.1, 0.15) is 6.04 Å². The van der Waals surface area contributed by atoms with Crippen LogP contribution < -0.4 is 26.2 Å². The average molecular weight is 696 g/mol. The zero-order valence-electron chi connectivity index (χ0n) is 27.5. The molecule has 13 heteroatoms. The Morgan fingerprint density at radius 3 is 2.52 bits per heavy atom. The number of hydrogen-bond acceptors (Lipinski definition) is 9. The number of amides is 4. The summed E-state index contributed by atoms with van der Waals surface area (Å²) in [6, 6.07) is 20.7. The van der Waals surface area contributed by atoms with Crippen molar-refractivity contribution in [3.05, 3.63) is 77.9 Å². The van der Waals surface area contributed by atoms with Gasteiger partial charge in [-0.1, -0.05) is 48.5 Å². The normalized spacial score (nSPS) is 15.3. The maximum atomic E-state index is 14.1. The van der Waals surface area contributed by atoms with Gasteiger partial charge in [-0.05, 0) is 60.6 Å². The summed E-state index contributed by atoms with van der Waals surface area (Å²) in [7, 11) is 0. The van der Waals surface area contributed by atoms with Crippen LogP contribution in [0.3, 0.4) is 0 Å². The van der Waals surface area contributed by atoms with Gasteiger partial charge in [0.2, 0.25) is 5.91 Å². The Bertz CT molecular complexity index is 1550. The van der Waals surface area contributed by atoms with Crippen LogP contribution in [0.2, 0.25) is 0 Å². The summed E-state index contributed by atoms with van der Waals surface area (Å²) in [4.78, 5) is 43.1. The van der Waals surface area contributed by atoms with E-state index < -0.39 is 17.7 Å². The predicted molar refractivity (Wildman–Crippen MR) is 191 cm³/mol. The molecule has 258 valence electrons. The SMILES string of the molecule is CSc1ccc2c(c1)SC[C@@H](NC(=O)CC(C)(C)NC[C@H](O)CO)C(=O)N2Cc1ccc(-c2ccccc2CNC(=O)NCCO)cc1. The van der Waals surface area contributed by atoms with Crippen molar-refractivity contribution in [2.45, 2.75) is 60.8 Å². The van der Waals surface area contributed by atoms with Gasteiger partial charge < -0.3 is 41.5 Å². The number of nitrogens with zero attached hydrogens (tertiary/aromatic N) is 1. The van der Waals surface area contributed by atoms with Crippen LogP contribution in [-0.2, 0) is 22.7 Å². The Morgan fingerprint density at radius 1 is 1.06 bits per heavy atom. The quantitative estimate of drug-likeness (QED) is 0.119. The van der Waals surface area contributed by atoms with E-state index in [0.29, 0.717) is 18.8 Å². The molecule has 7 N–H and O–H groups in total. The molecule has 0 spiro atoms. The number of thioether (sulfide) groups is 2. The number of fused-ring (bicyclic) bond motifs is 1. The number of aliphatic hydroxyl groups excluding tert-OH is 3. The van der Waals surface area contributed by atoms with E-state index in [9.17, 15) is 19.5 Å². The molecule has 0 aliphatic carbocycles. The minimum Gasteiger partial charge on any atom is -0.395 e. The van der Waals surface area contributed by atoms with Crippen LogP contribution in [0.15, 0.2) is 76.5 Å². The number of β-amino-alcohol motifs (C(OH)–C–C–N with tert-alkyl or cyclic N) is 1. The van der Waals surface area contributed by atoms with Gasteiger partial charge in [-0.15, -0.1) is 23.5 Å². The lowest BCUT2D eigenvalue weighted by atomic mass is 9.98. The van der Waals surface area contributed by atoms with Crippen molar-refractivity contribution in [2.24, 2.45) is 0 Å². The van der Waals surface area contributed by atoms with E-state index >= 15 is 0 Å². The Hall–Kier alpha value is -3.59. The molecule has 1 heterocycles. The second-order valence-electron chi connectivity index (χ2n) is 12.2. The molecule has 0 fully saturated rings. The van der Waals surface area contributed by atoms with Gasteiger partial charge in [0, 0.05) is 47.1 Å². The lowest BCUT2D eigenvalue weighted by Gasteiger charge is -2.29. The first-order valence-corrected chi connectivity index (χ1v) is 18.0. The lowest BCUT2D eigenvalue weighted by molar-refractivity contribution is -0.128. The first-order chi connectivity index (χ1) is 23.0. The Labute approximate surface area is 290 Å². The molecule has 4 rings (SSSR count). The molecule has 11 nitrogen and oxygen atoms in total. The van der Waals surface area contributed by atoms with Crippen LogP contribution in [0.25, 0.3) is 11.1 Å². The Morgan fingerprint density at radius 2 is 1.81 bits per heavy atom. The number of carbonyl (C=O) groups excluding carboxylic acids is 3. The fraction of sp³-hybridized carbons (Fsp3) is 0.400. The molecule has 0 radical (unpaired) electrons. The molecule has 0 saturated carbocycles. The molecule has 4 amide bonds. The zero-order chi connectivity index (χ0) is 34.7.